The number of thioether (sulfide) groups is 1. The minimum Gasteiger partial charge on any atom is -0.376 e. The number of carbonyl (C=O) groups excluding carboxylic acids is 1. The van der Waals surface area contributed by atoms with Crippen molar-refractivity contribution in [3.8, 4) is 0 Å². The number of ether oxygens (including phenoxy) is 1. The minimum atomic E-state index is -0.303. The van der Waals surface area contributed by atoms with Crippen molar-refractivity contribution in [3.05, 3.63) is 53.8 Å². The Labute approximate surface area is 165 Å². The number of aromatic nitrogens is 1. The van der Waals surface area contributed by atoms with Gasteiger partial charge in [-0.3, -0.25) is 9.69 Å². The second-order valence-electron chi connectivity index (χ2n) is 6.39. The van der Waals surface area contributed by atoms with E-state index < -0.39 is 0 Å². The van der Waals surface area contributed by atoms with E-state index in [0.717, 1.165) is 29.0 Å². The quantitative estimate of drug-likeness (QED) is 0.564. The normalized spacial score (nSPS) is 16.7. The molecule has 0 saturated carbocycles. The highest BCUT2D eigenvalue weighted by atomic mass is 32.2. The fourth-order valence-corrected chi connectivity index (χ4v) is 4.54. The molecule has 27 heavy (non-hydrogen) atoms. The lowest BCUT2D eigenvalue weighted by Gasteiger charge is -2.23. The second kappa shape index (κ2) is 7.96. The fourth-order valence-electron chi connectivity index (χ4n) is 3.13. The number of thiazole rings is 1. The average molecular weight is 403 g/mol. The van der Waals surface area contributed by atoms with Crippen LogP contribution in [0.1, 0.15) is 23.2 Å². The van der Waals surface area contributed by atoms with Gasteiger partial charge < -0.3 is 4.74 Å². The van der Waals surface area contributed by atoms with Gasteiger partial charge in [-0.15, -0.1) is 11.8 Å². The van der Waals surface area contributed by atoms with E-state index in [1.165, 1.54) is 23.5 Å². The third-order valence-electron chi connectivity index (χ3n) is 4.56. The van der Waals surface area contributed by atoms with E-state index in [4.69, 9.17) is 4.74 Å². The molecule has 3 aromatic rings. The predicted molar refractivity (Wildman–Crippen MR) is 108 cm³/mol. The smallest absolute Gasteiger partial charge is 0.260 e. The lowest BCUT2D eigenvalue weighted by atomic mass is 10.2. The van der Waals surface area contributed by atoms with Crippen molar-refractivity contribution < 1.29 is 13.9 Å². The van der Waals surface area contributed by atoms with Gasteiger partial charge in [-0.2, -0.15) is 0 Å². The standard InChI is InChI=1S/C20H19FN2O2S2/c1-26-16-7-4-13(5-8-16)19(24)23(12-15-3-2-10-25-15)20-22-17-9-6-14(21)11-18(17)27-20/h4-9,11,15H,2-3,10,12H2,1H3. The summed E-state index contributed by atoms with van der Waals surface area (Å²) in [6.45, 7) is 1.17. The molecule has 1 aliphatic heterocycles. The lowest BCUT2D eigenvalue weighted by molar-refractivity contribution is 0.0917. The Morgan fingerprint density at radius 2 is 2.15 bits per heavy atom. The molecule has 0 spiro atoms. The molecule has 4 nitrogen and oxygen atoms in total. The fraction of sp³-hybridized carbons (Fsp3) is 0.300. The monoisotopic (exact) mass is 402 g/mol. The lowest BCUT2D eigenvalue weighted by Crippen LogP contribution is -2.37. The highest BCUT2D eigenvalue weighted by Gasteiger charge is 2.27. The van der Waals surface area contributed by atoms with Crippen LogP contribution in [0.3, 0.4) is 0 Å². The molecule has 7 heteroatoms. The number of fused-ring (bicyclic) bond motifs is 1. The number of halogens is 1. The first kappa shape index (κ1) is 18.4. The van der Waals surface area contributed by atoms with Gasteiger partial charge in [-0.05, 0) is 61.6 Å². The summed E-state index contributed by atoms with van der Waals surface area (Å²) in [5.41, 5.74) is 1.30. The summed E-state index contributed by atoms with van der Waals surface area (Å²) in [6.07, 6.45) is 3.93. The van der Waals surface area contributed by atoms with E-state index in [1.807, 2.05) is 30.5 Å². The Balaban J connectivity index is 1.69. The zero-order valence-electron chi connectivity index (χ0n) is 14.9. The van der Waals surface area contributed by atoms with Gasteiger partial charge in [0.05, 0.1) is 22.9 Å². The van der Waals surface area contributed by atoms with Gasteiger partial charge >= 0.3 is 0 Å². The first-order valence-electron chi connectivity index (χ1n) is 8.77. The van der Waals surface area contributed by atoms with Crippen molar-refractivity contribution in [2.45, 2.75) is 23.8 Å². The van der Waals surface area contributed by atoms with Gasteiger partial charge in [0.2, 0.25) is 0 Å². The number of nitrogens with zero attached hydrogens (tertiary/aromatic N) is 2. The van der Waals surface area contributed by atoms with E-state index in [0.29, 0.717) is 22.8 Å². The van der Waals surface area contributed by atoms with Crippen molar-refractivity contribution in [2.24, 2.45) is 0 Å². The molecule has 1 atom stereocenters. The van der Waals surface area contributed by atoms with Crippen molar-refractivity contribution >= 4 is 44.4 Å². The van der Waals surface area contributed by atoms with Crippen LogP contribution in [-0.4, -0.2) is 36.4 Å². The molecule has 1 aromatic heterocycles. The van der Waals surface area contributed by atoms with Gasteiger partial charge in [-0.1, -0.05) is 11.3 Å². The Morgan fingerprint density at radius 1 is 1.33 bits per heavy atom. The van der Waals surface area contributed by atoms with Crippen LogP contribution in [0.5, 0.6) is 0 Å². The van der Waals surface area contributed by atoms with Crippen LogP contribution in [0.2, 0.25) is 0 Å². The van der Waals surface area contributed by atoms with Crippen molar-refractivity contribution in [1.82, 2.24) is 4.98 Å². The first-order chi connectivity index (χ1) is 13.1. The number of hydrogen-bond donors (Lipinski definition) is 0. The topological polar surface area (TPSA) is 42.4 Å². The van der Waals surface area contributed by atoms with E-state index >= 15 is 0 Å². The Hall–Kier alpha value is -1.96. The Bertz CT molecular complexity index is 952. The zero-order chi connectivity index (χ0) is 18.8. The van der Waals surface area contributed by atoms with Crippen molar-refractivity contribution in [1.29, 1.82) is 0 Å². The van der Waals surface area contributed by atoms with Gasteiger partial charge in [0.1, 0.15) is 5.82 Å². The molecule has 1 saturated heterocycles. The van der Waals surface area contributed by atoms with Gasteiger partial charge in [0, 0.05) is 17.1 Å². The summed E-state index contributed by atoms with van der Waals surface area (Å²) < 4.78 is 20.0. The summed E-state index contributed by atoms with van der Waals surface area (Å²) >= 11 is 2.96. The third-order valence-corrected chi connectivity index (χ3v) is 6.35. The maximum absolute atomic E-state index is 13.5. The number of amides is 1. The summed E-state index contributed by atoms with van der Waals surface area (Å²) in [7, 11) is 0. The second-order valence-corrected chi connectivity index (χ2v) is 8.28. The first-order valence-corrected chi connectivity index (χ1v) is 10.8. The van der Waals surface area contributed by atoms with Crippen LogP contribution in [0.15, 0.2) is 47.4 Å². The number of rotatable bonds is 5. The highest BCUT2D eigenvalue weighted by molar-refractivity contribution is 7.98. The molecule has 0 N–H and O–H groups in total. The average Bonchev–Trinajstić information content (AvgIpc) is 3.34. The SMILES string of the molecule is CSc1ccc(C(=O)N(CC2CCCO2)c2nc3ccc(F)cc3s2)cc1. The van der Waals surface area contributed by atoms with Crippen LogP contribution < -0.4 is 4.90 Å². The van der Waals surface area contributed by atoms with Crippen LogP contribution in [-0.2, 0) is 4.74 Å². The summed E-state index contributed by atoms with van der Waals surface area (Å²) in [4.78, 5) is 20.6. The molecule has 0 bridgehead atoms. The summed E-state index contributed by atoms with van der Waals surface area (Å²) in [5.74, 6) is -0.417. The number of carbonyl (C=O) groups is 1. The third kappa shape index (κ3) is 4.00. The molecule has 1 unspecified atom stereocenters. The molecule has 1 aliphatic rings. The molecule has 1 amide bonds. The largest absolute Gasteiger partial charge is 0.376 e. The molecule has 0 aliphatic carbocycles. The zero-order valence-corrected chi connectivity index (χ0v) is 16.5. The number of benzene rings is 2. The molecule has 140 valence electrons. The maximum atomic E-state index is 13.5. The number of anilines is 1. The molecular formula is C20H19FN2O2S2. The molecule has 2 heterocycles. The Morgan fingerprint density at radius 3 is 2.85 bits per heavy atom. The van der Waals surface area contributed by atoms with E-state index in [1.54, 1.807) is 22.7 Å². The van der Waals surface area contributed by atoms with Gasteiger partial charge in [0.15, 0.2) is 5.13 Å². The summed E-state index contributed by atoms with van der Waals surface area (Å²) in [5, 5.41) is 0.574. The van der Waals surface area contributed by atoms with E-state index in [-0.39, 0.29) is 17.8 Å². The minimum absolute atomic E-state index is 0.00293. The van der Waals surface area contributed by atoms with E-state index in [9.17, 15) is 9.18 Å². The summed E-state index contributed by atoms with van der Waals surface area (Å²) in [6, 6.07) is 12.0. The predicted octanol–water partition coefficient (Wildman–Crippen LogP) is 4.98. The van der Waals surface area contributed by atoms with Crippen LogP contribution in [0.25, 0.3) is 10.2 Å². The number of hydrogen-bond acceptors (Lipinski definition) is 5. The van der Waals surface area contributed by atoms with Gasteiger partial charge in [0.25, 0.3) is 5.91 Å². The van der Waals surface area contributed by atoms with Crippen molar-refractivity contribution in [3.63, 3.8) is 0 Å². The highest BCUT2D eigenvalue weighted by Crippen LogP contribution is 2.31. The van der Waals surface area contributed by atoms with Crippen LogP contribution in [0, 0.1) is 5.82 Å². The van der Waals surface area contributed by atoms with E-state index in [2.05, 4.69) is 4.98 Å². The molecule has 2 aromatic carbocycles. The van der Waals surface area contributed by atoms with Crippen LogP contribution >= 0.6 is 23.1 Å². The molecule has 1 fully saturated rings. The van der Waals surface area contributed by atoms with Crippen LogP contribution in [0.4, 0.5) is 9.52 Å². The Kier molecular flexibility index (Phi) is 5.43. The maximum Gasteiger partial charge on any atom is 0.260 e. The van der Waals surface area contributed by atoms with Crippen molar-refractivity contribution in [2.75, 3.05) is 24.3 Å². The molecular weight excluding hydrogens is 383 g/mol. The molecule has 0 radical (unpaired) electrons. The molecule has 4 rings (SSSR count). The van der Waals surface area contributed by atoms with Gasteiger partial charge in [-0.25, -0.2) is 9.37 Å².